The van der Waals surface area contributed by atoms with Crippen LogP contribution in [0.25, 0.3) is 0 Å². The zero-order valence-electron chi connectivity index (χ0n) is 2.94. The van der Waals surface area contributed by atoms with Gasteiger partial charge in [0.25, 0.3) is 0 Å². The molecule has 0 aromatic carbocycles. The third kappa shape index (κ3) is 79.7. The van der Waals surface area contributed by atoms with Crippen LogP contribution in [0, 0.1) is 59.9 Å². The van der Waals surface area contributed by atoms with E-state index < -0.39 is 0 Å². The molecule has 0 atom stereocenters. The molecule has 5 nitrogen and oxygen atoms in total. The zero-order chi connectivity index (χ0) is 0. The first-order valence-corrected chi connectivity index (χ1v) is 0. The summed E-state index contributed by atoms with van der Waals surface area (Å²) in [5.74, 6) is 0. The third-order valence-corrected chi connectivity index (χ3v) is 0. The van der Waals surface area contributed by atoms with E-state index in [2.05, 4.69) is 0 Å². The third-order valence-electron chi connectivity index (χ3n) is 0. The quantitative estimate of drug-likeness (QED) is 0.378. The first kappa shape index (κ1) is 162. The monoisotopic (exact) mass is 552 g/mol. The molecule has 0 aliphatic carbocycles. The summed E-state index contributed by atoms with van der Waals surface area (Å²) in [6, 6.07) is 0. The number of hydrogen-bond acceptors (Lipinski definition) is 0. The Hall–Kier alpha value is 1.83. The molecule has 0 saturated carbocycles. The molecule has 0 aliphatic rings. The van der Waals surface area contributed by atoms with Gasteiger partial charge in [0.05, 0.1) is 0 Å². The molecule has 0 aromatic heterocycles. The smallest absolute Gasteiger partial charge is 0 e. The molecule has 0 rings (SSSR count). The van der Waals surface area contributed by atoms with Crippen molar-refractivity contribution < 1.29 is 87.3 Å². The van der Waals surface area contributed by atoms with Crippen molar-refractivity contribution in [1.29, 1.82) is 0 Å². The van der Waals surface area contributed by atoms with Gasteiger partial charge in [-0.2, -0.15) is 0 Å². The molecule has 7 heavy (non-hydrogen) atoms. The summed E-state index contributed by atoms with van der Waals surface area (Å²) in [5.41, 5.74) is 0. The fraction of sp³-hybridized carbons (Fsp3) is 0. The van der Waals surface area contributed by atoms with Gasteiger partial charge in [0.1, 0.15) is 0 Å². The molecule has 50 valence electrons. The molecule has 0 fully saturated rings. The summed E-state index contributed by atoms with van der Waals surface area (Å²) in [6.07, 6.45) is 0. The molecule has 7 heteroatoms. The van der Waals surface area contributed by atoms with E-state index in [0.717, 1.165) is 0 Å². The summed E-state index contributed by atoms with van der Waals surface area (Å²) in [5, 5.41) is 0. The number of rotatable bonds is 0. The summed E-state index contributed by atoms with van der Waals surface area (Å²) >= 11 is 0. The fourth-order valence-corrected chi connectivity index (χ4v) is 0. The van der Waals surface area contributed by atoms with Crippen molar-refractivity contribution in [2.45, 2.75) is 0 Å². The van der Waals surface area contributed by atoms with Crippen LogP contribution in [-0.2, 0) is 27.4 Å². The maximum Gasteiger partial charge on any atom is 0 e. The van der Waals surface area contributed by atoms with Crippen LogP contribution in [0.4, 0.5) is 0 Å². The fourth-order valence-electron chi connectivity index (χ4n) is 0. The molecule has 0 bridgehead atoms. The van der Waals surface area contributed by atoms with Gasteiger partial charge >= 0.3 is 0 Å². The van der Waals surface area contributed by atoms with Crippen LogP contribution in [-0.4, -0.2) is 0 Å². The van der Waals surface area contributed by atoms with Crippen LogP contribution < -0.4 is 0 Å². The Labute approximate surface area is 86.3 Å². The molecule has 0 amide bonds. The average molecular weight is 554 g/mol. The largest absolute Gasteiger partial charge is 2.00 e. The Morgan fingerprint density at radius 1 is 0.286 bits per heavy atom. The topological polar surface area (TPSA) is 142 Å². The average Bonchev–Trinajstić information content (AvgIpc) is 0. The Morgan fingerprint density at radius 3 is 0.286 bits per heavy atom. The van der Waals surface area contributed by atoms with Gasteiger partial charge in [0.2, 0.25) is 0 Å². The molecule has 0 aromatic rings. The summed E-state index contributed by atoms with van der Waals surface area (Å²) in [4.78, 5) is 0. The van der Waals surface area contributed by atoms with Crippen LogP contribution in [0.5, 0.6) is 0 Å². The van der Waals surface area contributed by atoms with Crippen molar-refractivity contribution in [2.75, 3.05) is 0 Å². The summed E-state index contributed by atoms with van der Waals surface area (Å²) < 4.78 is 0. The Bertz CT molecular complexity index is 6.04. The van der Waals surface area contributed by atoms with Crippen molar-refractivity contribution in [3.8, 4) is 0 Å². The van der Waals surface area contributed by atoms with E-state index in [-0.39, 0.29) is 87.3 Å². The van der Waals surface area contributed by atoms with E-state index in [1.165, 1.54) is 0 Å². The van der Waals surface area contributed by atoms with Crippen molar-refractivity contribution in [2.24, 2.45) is 0 Å². The molecular weight excluding hydrogens is 554 g/mol. The SMILES string of the molecule is [Np].[Np].[O-2].[O-2].[O-2].[O-2].[O-2]. The second-order valence-electron chi connectivity index (χ2n) is 0. The van der Waals surface area contributed by atoms with Gasteiger partial charge in [-0.25, -0.2) is 0 Å². The van der Waals surface area contributed by atoms with Crippen LogP contribution in [0.2, 0.25) is 0 Å². The molecule has 0 saturated heterocycles. The Kier molecular flexibility index (Phi) is 2530. The predicted octanol–water partition coefficient (Wildman–Crippen LogP) is -0.594. The van der Waals surface area contributed by atoms with Gasteiger partial charge in [0, 0.05) is 59.9 Å². The number of hydrogen-bond donors (Lipinski definition) is 0. The van der Waals surface area contributed by atoms with E-state index >= 15 is 0 Å². The Balaban J connectivity index is 0. The summed E-state index contributed by atoms with van der Waals surface area (Å²) in [6.45, 7) is 0. The summed E-state index contributed by atoms with van der Waals surface area (Å²) in [7, 11) is 0. The Morgan fingerprint density at radius 2 is 0.286 bits per heavy atom. The van der Waals surface area contributed by atoms with E-state index in [4.69, 9.17) is 0 Å². The van der Waals surface area contributed by atoms with Crippen LogP contribution >= 0.6 is 0 Å². The molecule has 0 unspecified atom stereocenters. The van der Waals surface area contributed by atoms with E-state index in [1.54, 1.807) is 0 Å². The minimum absolute atomic E-state index is 0. The van der Waals surface area contributed by atoms with E-state index in [0.29, 0.717) is 0 Å². The molecule has 0 aliphatic heterocycles. The van der Waals surface area contributed by atoms with Gasteiger partial charge in [-0.05, 0) is 0 Å². The molecule has 0 heterocycles. The van der Waals surface area contributed by atoms with Crippen molar-refractivity contribution >= 4 is 0 Å². The predicted molar refractivity (Wildman–Crippen MR) is 3.43 cm³/mol. The van der Waals surface area contributed by atoms with Crippen molar-refractivity contribution in [3.63, 3.8) is 0 Å². The van der Waals surface area contributed by atoms with Gasteiger partial charge in [0.15, 0.2) is 0 Å². The first-order chi connectivity index (χ1) is 0. The van der Waals surface area contributed by atoms with Crippen molar-refractivity contribution in [3.05, 3.63) is 0 Å². The van der Waals surface area contributed by atoms with Gasteiger partial charge in [-0.1, -0.05) is 0 Å². The minimum Gasteiger partial charge on any atom is -2.00 e. The van der Waals surface area contributed by atoms with Crippen molar-refractivity contribution in [1.82, 2.24) is 0 Å². The minimum atomic E-state index is 0. The van der Waals surface area contributed by atoms with Crippen LogP contribution in [0.15, 0.2) is 0 Å². The standard InChI is InChI=1S/2Np.5O/q;;5*-2. The molecule has 0 N–H and O–H groups in total. The maximum absolute atomic E-state index is 0. The maximum atomic E-state index is 0. The van der Waals surface area contributed by atoms with E-state index in [1.807, 2.05) is 0 Å². The van der Waals surface area contributed by atoms with Gasteiger partial charge in [-0.3, -0.25) is 0 Å². The first-order valence-electron chi connectivity index (χ1n) is 0. The molecule has 0 spiro atoms. The second-order valence-corrected chi connectivity index (χ2v) is 0. The van der Waals surface area contributed by atoms with Gasteiger partial charge < -0.3 is 27.4 Å². The molecular formula is Np2O5-10. The van der Waals surface area contributed by atoms with Crippen LogP contribution in [0.1, 0.15) is 0 Å². The normalized spacial score (nSPS) is 0. The molecule has 2 radical (unpaired) electrons. The van der Waals surface area contributed by atoms with Gasteiger partial charge in [-0.15, -0.1) is 0 Å². The zero-order valence-corrected chi connectivity index (χ0v) is 10.4. The van der Waals surface area contributed by atoms with Crippen LogP contribution in [0.3, 0.4) is 0 Å². The second kappa shape index (κ2) is 109. The van der Waals surface area contributed by atoms with E-state index in [9.17, 15) is 0 Å².